The number of carbonyl (C=O) groups is 1. The average molecular weight is 394 g/mol. The van der Waals surface area contributed by atoms with E-state index in [2.05, 4.69) is 20.5 Å². The minimum absolute atomic E-state index is 0.122. The second-order valence-corrected chi connectivity index (χ2v) is 6.92. The van der Waals surface area contributed by atoms with Crippen LogP contribution in [0.15, 0.2) is 64.4 Å². The van der Waals surface area contributed by atoms with Gasteiger partial charge in [-0.15, -0.1) is 10.2 Å². The van der Waals surface area contributed by atoms with Gasteiger partial charge in [0.05, 0.1) is 18.4 Å². The zero-order valence-electron chi connectivity index (χ0n) is 15.1. The molecule has 1 amide bonds. The summed E-state index contributed by atoms with van der Waals surface area (Å²) in [4.78, 5) is 15.3. The minimum atomic E-state index is -0.122. The van der Waals surface area contributed by atoms with Crippen molar-refractivity contribution in [3.63, 3.8) is 0 Å². The molecule has 0 bridgehead atoms. The van der Waals surface area contributed by atoms with Gasteiger partial charge in [0, 0.05) is 29.2 Å². The number of aromatic amines is 1. The Morgan fingerprint density at radius 3 is 2.89 bits per heavy atom. The zero-order chi connectivity index (χ0) is 19.3. The molecule has 2 N–H and O–H groups in total. The highest BCUT2D eigenvalue weighted by Crippen LogP contribution is 2.29. The third kappa shape index (κ3) is 3.86. The molecule has 0 aliphatic heterocycles. The number of carbonyl (C=O) groups excluding carboxylic acids is 1. The van der Waals surface area contributed by atoms with E-state index in [4.69, 9.17) is 9.15 Å². The number of para-hydroxylation sites is 2. The first kappa shape index (κ1) is 18.1. The number of H-pyrrole nitrogens is 1. The SMILES string of the molecule is COc1ccccc1CNC(=O)CSc1nnc(-c2c[nH]c3ccccc23)o1. The van der Waals surface area contributed by atoms with Crippen LogP contribution in [0.3, 0.4) is 0 Å². The van der Waals surface area contributed by atoms with E-state index in [1.807, 2.05) is 54.7 Å². The number of hydrogen-bond acceptors (Lipinski definition) is 6. The number of hydrogen-bond donors (Lipinski definition) is 2. The molecule has 0 aliphatic carbocycles. The lowest BCUT2D eigenvalue weighted by Crippen LogP contribution is -2.24. The summed E-state index contributed by atoms with van der Waals surface area (Å²) in [7, 11) is 1.61. The number of rotatable bonds is 7. The molecule has 0 saturated heterocycles. The predicted octanol–water partition coefficient (Wildman–Crippen LogP) is 3.64. The molecule has 2 aromatic carbocycles. The Bertz CT molecular complexity index is 1110. The molecule has 4 aromatic rings. The van der Waals surface area contributed by atoms with Crippen molar-refractivity contribution >= 4 is 28.6 Å². The van der Waals surface area contributed by atoms with Crippen molar-refractivity contribution in [3.8, 4) is 17.2 Å². The van der Waals surface area contributed by atoms with Crippen LogP contribution in [0.1, 0.15) is 5.56 Å². The standard InChI is InChI=1S/C20H18N4O3S/c1-26-17-9-5-2-6-13(17)10-22-18(25)12-28-20-24-23-19(27-20)15-11-21-16-8-4-3-7-14(15)16/h2-9,11,21H,10,12H2,1H3,(H,22,25). The van der Waals surface area contributed by atoms with Crippen LogP contribution in [0.2, 0.25) is 0 Å². The van der Waals surface area contributed by atoms with Gasteiger partial charge in [0.1, 0.15) is 5.75 Å². The lowest BCUT2D eigenvalue weighted by atomic mass is 10.2. The number of thioether (sulfide) groups is 1. The second-order valence-electron chi connectivity index (χ2n) is 6.00. The number of aromatic nitrogens is 3. The first-order chi connectivity index (χ1) is 13.7. The Morgan fingerprint density at radius 1 is 1.18 bits per heavy atom. The van der Waals surface area contributed by atoms with Gasteiger partial charge < -0.3 is 19.5 Å². The number of amides is 1. The Hall–Kier alpha value is -3.26. The largest absolute Gasteiger partial charge is 0.496 e. The third-order valence-electron chi connectivity index (χ3n) is 4.22. The molecular formula is C20H18N4O3S. The summed E-state index contributed by atoms with van der Waals surface area (Å²) in [6.45, 7) is 0.397. The fraction of sp³-hybridized carbons (Fsp3) is 0.150. The topological polar surface area (TPSA) is 93.0 Å². The van der Waals surface area contributed by atoms with E-state index < -0.39 is 0 Å². The van der Waals surface area contributed by atoms with Crippen molar-refractivity contribution in [1.82, 2.24) is 20.5 Å². The van der Waals surface area contributed by atoms with Gasteiger partial charge in [-0.3, -0.25) is 4.79 Å². The van der Waals surface area contributed by atoms with E-state index in [9.17, 15) is 4.79 Å². The number of ether oxygens (including phenoxy) is 1. The molecule has 0 spiro atoms. The predicted molar refractivity (Wildman–Crippen MR) is 107 cm³/mol. The summed E-state index contributed by atoms with van der Waals surface area (Å²) in [6.07, 6.45) is 1.84. The van der Waals surface area contributed by atoms with Crippen LogP contribution in [0, 0.1) is 0 Å². The van der Waals surface area contributed by atoms with E-state index in [-0.39, 0.29) is 11.7 Å². The van der Waals surface area contributed by atoms with Crippen LogP contribution in [0.5, 0.6) is 5.75 Å². The van der Waals surface area contributed by atoms with E-state index >= 15 is 0 Å². The van der Waals surface area contributed by atoms with Crippen LogP contribution < -0.4 is 10.1 Å². The molecule has 4 rings (SSSR count). The van der Waals surface area contributed by atoms with Crippen LogP contribution in [-0.4, -0.2) is 34.0 Å². The van der Waals surface area contributed by atoms with Gasteiger partial charge in [0.15, 0.2) is 0 Å². The summed E-state index contributed by atoms with van der Waals surface area (Å²) < 4.78 is 11.0. The highest BCUT2D eigenvalue weighted by atomic mass is 32.2. The van der Waals surface area contributed by atoms with Gasteiger partial charge in [-0.05, 0) is 12.1 Å². The second kappa shape index (κ2) is 8.18. The van der Waals surface area contributed by atoms with E-state index in [0.717, 1.165) is 27.8 Å². The van der Waals surface area contributed by atoms with Crippen LogP contribution in [0.25, 0.3) is 22.4 Å². The summed E-state index contributed by atoms with van der Waals surface area (Å²) in [5, 5.41) is 12.4. The van der Waals surface area contributed by atoms with Gasteiger partial charge in [-0.2, -0.15) is 0 Å². The van der Waals surface area contributed by atoms with Gasteiger partial charge in [0.2, 0.25) is 5.91 Å². The van der Waals surface area contributed by atoms with E-state index in [1.165, 1.54) is 11.8 Å². The number of nitrogens with zero attached hydrogens (tertiary/aromatic N) is 2. The van der Waals surface area contributed by atoms with Crippen molar-refractivity contribution in [2.45, 2.75) is 11.8 Å². The van der Waals surface area contributed by atoms with Gasteiger partial charge in [0.25, 0.3) is 11.1 Å². The lowest BCUT2D eigenvalue weighted by molar-refractivity contribution is -0.118. The monoisotopic (exact) mass is 394 g/mol. The molecule has 142 valence electrons. The Kier molecular flexibility index (Phi) is 5.29. The van der Waals surface area contributed by atoms with Crippen LogP contribution >= 0.6 is 11.8 Å². The maximum atomic E-state index is 12.1. The molecule has 2 heterocycles. The summed E-state index contributed by atoms with van der Waals surface area (Å²) in [6, 6.07) is 15.5. The van der Waals surface area contributed by atoms with Crippen LogP contribution in [0.4, 0.5) is 0 Å². The Balaban J connectivity index is 1.35. The molecule has 0 fully saturated rings. The third-order valence-corrected chi connectivity index (χ3v) is 5.04. The normalized spacial score (nSPS) is 10.9. The van der Waals surface area contributed by atoms with Crippen molar-refractivity contribution in [3.05, 3.63) is 60.3 Å². The molecule has 0 saturated carbocycles. The van der Waals surface area contributed by atoms with Crippen LogP contribution in [-0.2, 0) is 11.3 Å². The molecule has 0 atom stereocenters. The number of fused-ring (bicyclic) bond motifs is 1. The molecule has 0 radical (unpaired) electrons. The maximum Gasteiger partial charge on any atom is 0.277 e. The molecule has 7 nitrogen and oxygen atoms in total. The highest BCUT2D eigenvalue weighted by molar-refractivity contribution is 7.99. The van der Waals surface area contributed by atoms with Crippen molar-refractivity contribution in [2.24, 2.45) is 0 Å². The fourth-order valence-corrected chi connectivity index (χ4v) is 3.44. The molecule has 0 unspecified atom stereocenters. The molecule has 8 heteroatoms. The Morgan fingerprint density at radius 2 is 2.00 bits per heavy atom. The fourth-order valence-electron chi connectivity index (χ4n) is 2.85. The molecular weight excluding hydrogens is 376 g/mol. The van der Waals surface area contributed by atoms with E-state index in [1.54, 1.807) is 7.11 Å². The van der Waals surface area contributed by atoms with Crippen molar-refractivity contribution in [1.29, 1.82) is 0 Å². The average Bonchev–Trinajstić information content (AvgIpc) is 3.37. The van der Waals surface area contributed by atoms with Crippen molar-refractivity contribution < 1.29 is 13.9 Å². The van der Waals surface area contributed by atoms with Gasteiger partial charge >= 0.3 is 0 Å². The summed E-state index contributed by atoms with van der Waals surface area (Å²) >= 11 is 1.20. The van der Waals surface area contributed by atoms with Gasteiger partial charge in [-0.1, -0.05) is 48.2 Å². The quantitative estimate of drug-likeness (QED) is 0.465. The molecule has 28 heavy (non-hydrogen) atoms. The first-order valence-electron chi connectivity index (χ1n) is 8.66. The maximum absolute atomic E-state index is 12.1. The molecule has 2 aromatic heterocycles. The smallest absolute Gasteiger partial charge is 0.277 e. The highest BCUT2D eigenvalue weighted by Gasteiger charge is 2.14. The number of methoxy groups -OCH3 is 1. The zero-order valence-corrected chi connectivity index (χ0v) is 16.0. The van der Waals surface area contributed by atoms with E-state index in [0.29, 0.717) is 17.7 Å². The number of benzene rings is 2. The molecule has 0 aliphatic rings. The van der Waals surface area contributed by atoms with Crippen molar-refractivity contribution in [2.75, 3.05) is 12.9 Å². The van der Waals surface area contributed by atoms with Gasteiger partial charge in [-0.25, -0.2) is 0 Å². The minimum Gasteiger partial charge on any atom is -0.496 e. The summed E-state index contributed by atoms with van der Waals surface area (Å²) in [5.41, 5.74) is 2.76. The first-order valence-corrected chi connectivity index (χ1v) is 9.64. The Labute approximate surface area is 165 Å². The lowest BCUT2D eigenvalue weighted by Gasteiger charge is -2.08. The summed E-state index contributed by atoms with van der Waals surface area (Å²) in [5.74, 6) is 1.23. The number of nitrogens with one attached hydrogen (secondary N) is 2.